The summed E-state index contributed by atoms with van der Waals surface area (Å²) in [5.41, 5.74) is 1.53. The van der Waals surface area contributed by atoms with Crippen molar-refractivity contribution in [3.05, 3.63) is 57.2 Å². The number of aryl methyl sites for hydroxylation is 1. The van der Waals surface area contributed by atoms with E-state index in [1.807, 2.05) is 36.2 Å². The van der Waals surface area contributed by atoms with Crippen LogP contribution in [0.3, 0.4) is 0 Å². The highest BCUT2D eigenvalue weighted by Crippen LogP contribution is 2.32. The number of carbonyl (C=O) groups excluding carboxylic acids is 1. The molecule has 1 aliphatic rings. The Hall–Kier alpha value is -1.69. The van der Waals surface area contributed by atoms with Crippen molar-refractivity contribution >= 4 is 57.8 Å². The summed E-state index contributed by atoms with van der Waals surface area (Å²) >= 11 is 13.2. The molecule has 0 bridgehead atoms. The van der Waals surface area contributed by atoms with E-state index in [9.17, 15) is 4.79 Å². The van der Waals surface area contributed by atoms with Crippen molar-refractivity contribution < 1.29 is 4.79 Å². The number of hydrogen-bond donors (Lipinski definition) is 1. The number of nitrogens with one attached hydrogen (secondary N) is 1. The second-order valence-corrected chi connectivity index (χ2v) is 6.56. The molecule has 0 aliphatic carbocycles. The Morgan fingerprint density at radius 3 is 2.82 bits per heavy atom. The van der Waals surface area contributed by atoms with E-state index >= 15 is 0 Å². The molecule has 1 N–H and O–H groups in total. The monoisotopic (exact) mass is 351 g/mol. The van der Waals surface area contributed by atoms with Crippen molar-refractivity contribution in [2.75, 3.05) is 0 Å². The Balaban J connectivity index is 1.85. The predicted octanol–water partition coefficient (Wildman–Crippen LogP) is 4.22. The summed E-state index contributed by atoms with van der Waals surface area (Å²) in [6.45, 7) is 0. The van der Waals surface area contributed by atoms with Crippen LogP contribution in [0.4, 0.5) is 5.69 Å². The highest BCUT2D eigenvalue weighted by atomic mass is 35.5. The van der Waals surface area contributed by atoms with Crippen LogP contribution in [0.25, 0.3) is 6.08 Å². The van der Waals surface area contributed by atoms with E-state index in [4.69, 9.17) is 23.2 Å². The van der Waals surface area contributed by atoms with Crippen LogP contribution in [0.5, 0.6) is 0 Å². The molecule has 0 atom stereocenters. The van der Waals surface area contributed by atoms with Gasteiger partial charge in [-0.1, -0.05) is 23.2 Å². The van der Waals surface area contributed by atoms with Crippen molar-refractivity contribution in [3.63, 3.8) is 0 Å². The van der Waals surface area contributed by atoms with Crippen LogP contribution in [0.15, 0.2) is 46.6 Å². The lowest BCUT2D eigenvalue weighted by molar-refractivity contribution is -0.115. The summed E-state index contributed by atoms with van der Waals surface area (Å²) in [5.74, 6) is -0.169. The van der Waals surface area contributed by atoms with Gasteiger partial charge in [0.1, 0.15) is 0 Å². The van der Waals surface area contributed by atoms with Crippen LogP contribution in [-0.2, 0) is 11.8 Å². The van der Waals surface area contributed by atoms with Crippen molar-refractivity contribution in [1.29, 1.82) is 0 Å². The molecular weight excluding hydrogens is 341 g/mol. The fourth-order valence-corrected chi connectivity index (χ4v) is 3.21. The Morgan fingerprint density at radius 2 is 2.14 bits per heavy atom. The number of aromatic nitrogens is 1. The first kappa shape index (κ1) is 15.2. The number of rotatable bonds is 2. The van der Waals surface area contributed by atoms with E-state index in [2.05, 4.69) is 10.3 Å². The van der Waals surface area contributed by atoms with E-state index < -0.39 is 0 Å². The zero-order valence-electron chi connectivity index (χ0n) is 11.5. The van der Waals surface area contributed by atoms with Crippen molar-refractivity contribution in [2.45, 2.75) is 0 Å². The number of amides is 1. The van der Waals surface area contributed by atoms with E-state index in [0.29, 0.717) is 25.8 Å². The molecule has 112 valence electrons. The molecule has 7 heteroatoms. The molecule has 0 radical (unpaired) electrons. The van der Waals surface area contributed by atoms with E-state index in [-0.39, 0.29) is 5.91 Å². The first-order valence-corrected chi connectivity index (χ1v) is 7.95. The lowest BCUT2D eigenvalue weighted by Gasteiger charge is -1.99. The molecule has 4 nitrogen and oxygen atoms in total. The second-order valence-electron chi connectivity index (χ2n) is 4.69. The molecule has 1 aromatic heterocycles. The SMILES string of the molecule is Cn1ccc(/C=C2\SC(=Nc3ccc(Cl)cc3Cl)NC2=O)c1. The van der Waals surface area contributed by atoms with Crippen molar-refractivity contribution in [2.24, 2.45) is 12.0 Å². The summed E-state index contributed by atoms with van der Waals surface area (Å²) in [5, 5.41) is 4.21. The number of benzene rings is 1. The lowest BCUT2D eigenvalue weighted by atomic mass is 10.3. The highest BCUT2D eigenvalue weighted by Gasteiger charge is 2.24. The number of halogens is 2. The smallest absolute Gasteiger partial charge is 0.264 e. The fourth-order valence-electron chi connectivity index (χ4n) is 1.92. The third kappa shape index (κ3) is 3.38. The van der Waals surface area contributed by atoms with Gasteiger partial charge in [-0.05, 0) is 47.7 Å². The molecule has 1 amide bonds. The van der Waals surface area contributed by atoms with Gasteiger partial charge in [0.05, 0.1) is 15.6 Å². The first-order chi connectivity index (χ1) is 10.5. The van der Waals surface area contributed by atoms with Gasteiger partial charge in [-0.3, -0.25) is 4.79 Å². The molecule has 3 rings (SSSR count). The van der Waals surface area contributed by atoms with Crippen LogP contribution in [-0.4, -0.2) is 15.6 Å². The number of hydrogen-bond acceptors (Lipinski definition) is 3. The zero-order valence-corrected chi connectivity index (χ0v) is 13.8. The maximum atomic E-state index is 12.0. The standard InChI is InChI=1S/C15H11Cl2N3OS/c1-20-5-4-9(8-20)6-13-14(21)19-15(22-13)18-12-3-2-10(16)7-11(12)17/h2-8H,1H3,(H,18,19,21)/b13-6-. The number of thioether (sulfide) groups is 1. The van der Waals surface area contributed by atoms with Crippen LogP contribution in [0, 0.1) is 0 Å². The first-order valence-electron chi connectivity index (χ1n) is 6.38. The molecule has 1 aromatic carbocycles. The predicted molar refractivity (Wildman–Crippen MR) is 92.7 cm³/mol. The maximum Gasteiger partial charge on any atom is 0.264 e. The topological polar surface area (TPSA) is 46.4 Å². The Kier molecular flexibility index (Phi) is 4.29. The maximum absolute atomic E-state index is 12.0. The van der Waals surface area contributed by atoms with Gasteiger partial charge in [0, 0.05) is 24.5 Å². The fraction of sp³-hybridized carbons (Fsp3) is 0.0667. The zero-order chi connectivity index (χ0) is 15.7. The molecule has 1 saturated heterocycles. The molecule has 22 heavy (non-hydrogen) atoms. The van der Waals surface area contributed by atoms with E-state index in [1.54, 1.807) is 18.2 Å². The van der Waals surface area contributed by atoms with Gasteiger partial charge < -0.3 is 9.88 Å². The molecule has 0 spiro atoms. The van der Waals surface area contributed by atoms with Gasteiger partial charge >= 0.3 is 0 Å². The van der Waals surface area contributed by atoms with Gasteiger partial charge in [-0.2, -0.15) is 0 Å². The van der Waals surface area contributed by atoms with Crippen molar-refractivity contribution in [1.82, 2.24) is 9.88 Å². The average Bonchev–Trinajstić information content (AvgIpc) is 3.00. The van der Waals surface area contributed by atoms with Crippen LogP contribution in [0.2, 0.25) is 10.0 Å². The van der Waals surface area contributed by atoms with Gasteiger partial charge in [-0.25, -0.2) is 4.99 Å². The summed E-state index contributed by atoms with van der Waals surface area (Å²) in [4.78, 5) is 16.9. The van der Waals surface area contributed by atoms with Gasteiger partial charge in [-0.15, -0.1) is 0 Å². The third-order valence-corrected chi connectivity index (χ3v) is 4.38. The van der Waals surface area contributed by atoms with Gasteiger partial charge in [0.15, 0.2) is 5.17 Å². The molecule has 1 aliphatic heterocycles. The Bertz CT molecular complexity index is 811. The van der Waals surface area contributed by atoms with Gasteiger partial charge in [0.25, 0.3) is 5.91 Å². The normalized spacial score (nSPS) is 18.2. The van der Waals surface area contributed by atoms with Crippen LogP contribution < -0.4 is 5.32 Å². The molecule has 2 heterocycles. The van der Waals surface area contributed by atoms with Crippen LogP contribution >= 0.6 is 35.0 Å². The summed E-state index contributed by atoms with van der Waals surface area (Å²) in [6, 6.07) is 6.97. The summed E-state index contributed by atoms with van der Waals surface area (Å²) < 4.78 is 1.92. The Morgan fingerprint density at radius 1 is 1.32 bits per heavy atom. The van der Waals surface area contributed by atoms with Crippen molar-refractivity contribution in [3.8, 4) is 0 Å². The minimum absolute atomic E-state index is 0.169. The molecular formula is C15H11Cl2N3OS. The molecule has 2 aromatic rings. The minimum atomic E-state index is -0.169. The molecule has 0 saturated carbocycles. The largest absolute Gasteiger partial charge is 0.357 e. The number of nitrogens with zero attached hydrogens (tertiary/aromatic N) is 2. The van der Waals surface area contributed by atoms with E-state index in [0.717, 1.165) is 5.56 Å². The Labute approximate surface area is 141 Å². The third-order valence-electron chi connectivity index (χ3n) is 2.94. The van der Waals surface area contributed by atoms with Crippen LogP contribution in [0.1, 0.15) is 5.56 Å². The summed E-state index contributed by atoms with van der Waals surface area (Å²) in [6.07, 6.45) is 5.68. The van der Waals surface area contributed by atoms with Gasteiger partial charge in [0.2, 0.25) is 0 Å². The minimum Gasteiger partial charge on any atom is -0.357 e. The lowest BCUT2D eigenvalue weighted by Crippen LogP contribution is -2.19. The summed E-state index contributed by atoms with van der Waals surface area (Å²) in [7, 11) is 1.93. The number of carbonyl (C=O) groups is 1. The average molecular weight is 352 g/mol. The molecule has 0 unspecified atom stereocenters. The number of aliphatic imine (C=N–C) groups is 1. The highest BCUT2D eigenvalue weighted by molar-refractivity contribution is 8.18. The van der Waals surface area contributed by atoms with E-state index in [1.165, 1.54) is 11.8 Å². The molecule has 1 fully saturated rings. The second kappa shape index (κ2) is 6.20. The quantitative estimate of drug-likeness (QED) is 0.823. The number of amidine groups is 1.